The smallest absolute Gasteiger partial charge is 0.240 e. The van der Waals surface area contributed by atoms with E-state index in [0.29, 0.717) is 18.7 Å². The molecular formula is C14H22N2O2S. The van der Waals surface area contributed by atoms with Crippen LogP contribution >= 0.6 is 0 Å². The third-order valence-corrected chi connectivity index (χ3v) is 4.70. The largest absolute Gasteiger partial charge is 0.310 e. The second-order valence-corrected chi connectivity index (χ2v) is 6.55. The molecule has 0 spiro atoms. The van der Waals surface area contributed by atoms with E-state index in [1.54, 1.807) is 31.2 Å². The number of hydrogen-bond donors (Lipinski definition) is 2. The number of rotatable bonds is 7. The highest BCUT2D eigenvalue weighted by Gasteiger charge is 2.15. The van der Waals surface area contributed by atoms with Crippen molar-refractivity contribution >= 4 is 15.7 Å². The molecule has 0 aliphatic heterocycles. The lowest BCUT2D eigenvalue weighted by molar-refractivity contribution is 0.558. The quantitative estimate of drug-likeness (QED) is 0.755. The standard InChI is InChI=1S/C14H22N2O2S/c1-4-13(12(3)15)9-10-16-19(17,18)14-7-5-11(2)6-8-14/h5-8,13,15-16H,4,9-10H2,1-3H3. The third kappa shape index (κ3) is 4.76. The average Bonchev–Trinajstić information content (AvgIpc) is 2.34. The zero-order valence-corrected chi connectivity index (χ0v) is 12.5. The molecule has 0 radical (unpaired) electrons. The van der Waals surface area contributed by atoms with E-state index in [2.05, 4.69) is 4.72 Å². The number of nitrogens with one attached hydrogen (secondary N) is 2. The molecule has 1 atom stereocenters. The Morgan fingerprint density at radius 1 is 1.32 bits per heavy atom. The van der Waals surface area contributed by atoms with Gasteiger partial charge in [-0.3, -0.25) is 0 Å². The van der Waals surface area contributed by atoms with Gasteiger partial charge < -0.3 is 5.41 Å². The van der Waals surface area contributed by atoms with Crippen molar-refractivity contribution in [1.29, 1.82) is 5.41 Å². The summed E-state index contributed by atoms with van der Waals surface area (Å²) >= 11 is 0. The summed E-state index contributed by atoms with van der Waals surface area (Å²) in [7, 11) is -3.43. The van der Waals surface area contributed by atoms with Gasteiger partial charge in [-0.1, -0.05) is 24.6 Å². The van der Waals surface area contributed by atoms with Gasteiger partial charge in [0.25, 0.3) is 0 Å². The van der Waals surface area contributed by atoms with E-state index in [4.69, 9.17) is 5.41 Å². The molecule has 0 saturated heterocycles. The lowest BCUT2D eigenvalue weighted by Gasteiger charge is -2.13. The molecule has 0 bridgehead atoms. The van der Waals surface area contributed by atoms with Crippen LogP contribution in [0, 0.1) is 18.3 Å². The molecule has 0 aliphatic rings. The summed E-state index contributed by atoms with van der Waals surface area (Å²) in [5.41, 5.74) is 1.64. The second kappa shape index (κ2) is 6.82. The van der Waals surface area contributed by atoms with Crippen LogP contribution in [0.3, 0.4) is 0 Å². The highest BCUT2D eigenvalue weighted by molar-refractivity contribution is 7.89. The Balaban J connectivity index is 2.61. The van der Waals surface area contributed by atoms with Crippen molar-refractivity contribution in [2.24, 2.45) is 5.92 Å². The van der Waals surface area contributed by atoms with Crippen LogP contribution in [0.5, 0.6) is 0 Å². The maximum Gasteiger partial charge on any atom is 0.240 e. The van der Waals surface area contributed by atoms with E-state index < -0.39 is 10.0 Å². The fourth-order valence-electron chi connectivity index (χ4n) is 1.90. The molecule has 1 unspecified atom stereocenters. The van der Waals surface area contributed by atoms with Crippen LogP contribution in [-0.4, -0.2) is 20.7 Å². The fourth-order valence-corrected chi connectivity index (χ4v) is 2.94. The second-order valence-electron chi connectivity index (χ2n) is 4.79. The summed E-state index contributed by atoms with van der Waals surface area (Å²) < 4.78 is 26.6. The Kier molecular flexibility index (Phi) is 5.69. The van der Waals surface area contributed by atoms with Gasteiger partial charge in [-0.2, -0.15) is 0 Å². The molecule has 0 saturated carbocycles. The Morgan fingerprint density at radius 2 is 1.89 bits per heavy atom. The number of aryl methyl sites for hydroxylation is 1. The average molecular weight is 282 g/mol. The normalized spacial score (nSPS) is 13.2. The fraction of sp³-hybridized carbons (Fsp3) is 0.500. The molecule has 1 aromatic rings. The molecule has 1 aromatic carbocycles. The predicted molar refractivity (Wildman–Crippen MR) is 78.2 cm³/mol. The topological polar surface area (TPSA) is 70.0 Å². The lowest BCUT2D eigenvalue weighted by atomic mass is 9.98. The number of benzene rings is 1. The van der Waals surface area contributed by atoms with Gasteiger partial charge in [0.05, 0.1) is 4.90 Å². The van der Waals surface area contributed by atoms with Gasteiger partial charge in [-0.15, -0.1) is 0 Å². The minimum Gasteiger partial charge on any atom is -0.310 e. The van der Waals surface area contributed by atoms with Gasteiger partial charge in [-0.25, -0.2) is 13.1 Å². The minimum absolute atomic E-state index is 0.153. The molecule has 1 rings (SSSR count). The lowest BCUT2D eigenvalue weighted by Crippen LogP contribution is -2.27. The Hall–Kier alpha value is -1.20. The van der Waals surface area contributed by atoms with E-state index in [9.17, 15) is 8.42 Å². The van der Waals surface area contributed by atoms with Crippen LogP contribution in [0.25, 0.3) is 0 Å². The first kappa shape index (κ1) is 15.9. The van der Waals surface area contributed by atoms with Crippen molar-refractivity contribution in [3.63, 3.8) is 0 Å². The van der Waals surface area contributed by atoms with Crippen molar-refractivity contribution in [1.82, 2.24) is 4.72 Å². The molecule has 0 aliphatic carbocycles. The summed E-state index contributed by atoms with van der Waals surface area (Å²) in [4.78, 5) is 0.290. The number of sulfonamides is 1. The summed E-state index contributed by atoms with van der Waals surface area (Å²) in [6.07, 6.45) is 1.53. The molecule has 2 N–H and O–H groups in total. The van der Waals surface area contributed by atoms with E-state index in [-0.39, 0.29) is 10.8 Å². The summed E-state index contributed by atoms with van der Waals surface area (Å²) in [5, 5.41) is 7.60. The van der Waals surface area contributed by atoms with Crippen LogP contribution in [0.4, 0.5) is 0 Å². The Labute approximate surface area is 115 Å². The van der Waals surface area contributed by atoms with E-state index >= 15 is 0 Å². The van der Waals surface area contributed by atoms with Crippen molar-refractivity contribution in [2.75, 3.05) is 6.54 Å². The Bertz CT molecular complexity index is 521. The van der Waals surface area contributed by atoms with Gasteiger partial charge >= 0.3 is 0 Å². The van der Waals surface area contributed by atoms with E-state index in [1.165, 1.54) is 0 Å². The summed E-state index contributed by atoms with van der Waals surface area (Å²) in [6, 6.07) is 6.78. The molecule has 106 valence electrons. The van der Waals surface area contributed by atoms with Crippen LogP contribution < -0.4 is 4.72 Å². The molecule has 0 fully saturated rings. The van der Waals surface area contributed by atoms with Crippen molar-refractivity contribution in [3.8, 4) is 0 Å². The highest BCUT2D eigenvalue weighted by atomic mass is 32.2. The molecule has 0 aromatic heterocycles. The van der Waals surface area contributed by atoms with E-state index in [0.717, 1.165) is 12.0 Å². The summed E-state index contributed by atoms with van der Waals surface area (Å²) in [6.45, 7) is 6.06. The van der Waals surface area contributed by atoms with Gasteiger partial charge in [0, 0.05) is 12.3 Å². The predicted octanol–water partition coefficient (Wildman–Crippen LogP) is 2.73. The molecule has 5 heteroatoms. The van der Waals surface area contributed by atoms with Crippen molar-refractivity contribution in [2.45, 2.75) is 38.5 Å². The monoisotopic (exact) mass is 282 g/mol. The summed E-state index contributed by atoms with van der Waals surface area (Å²) in [5.74, 6) is 0.153. The molecule has 19 heavy (non-hydrogen) atoms. The van der Waals surface area contributed by atoms with Gasteiger partial charge in [0.15, 0.2) is 0 Å². The van der Waals surface area contributed by atoms with Gasteiger partial charge in [-0.05, 0) is 44.7 Å². The third-order valence-electron chi connectivity index (χ3n) is 3.22. The van der Waals surface area contributed by atoms with Crippen LogP contribution in [0.1, 0.15) is 32.3 Å². The SMILES string of the molecule is CCC(CCNS(=O)(=O)c1ccc(C)cc1)C(C)=N. The maximum absolute atomic E-state index is 12.0. The number of hydrogen-bond acceptors (Lipinski definition) is 3. The zero-order valence-electron chi connectivity index (χ0n) is 11.7. The van der Waals surface area contributed by atoms with Crippen molar-refractivity contribution in [3.05, 3.63) is 29.8 Å². The molecule has 0 amide bonds. The highest BCUT2D eigenvalue weighted by Crippen LogP contribution is 2.12. The van der Waals surface area contributed by atoms with E-state index in [1.807, 2.05) is 13.8 Å². The zero-order chi connectivity index (χ0) is 14.5. The molecule has 4 nitrogen and oxygen atoms in total. The van der Waals surface area contributed by atoms with Crippen molar-refractivity contribution < 1.29 is 8.42 Å². The van der Waals surface area contributed by atoms with Gasteiger partial charge in [0.1, 0.15) is 0 Å². The Morgan fingerprint density at radius 3 is 2.37 bits per heavy atom. The maximum atomic E-state index is 12.0. The first-order valence-electron chi connectivity index (χ1n) is 6.48. The van der Waals surface area contributed by atoms with Crippen LogP contribution in [-0.2, 0) is 10.0 Å². The molecule has 0 heterocycles. The first-order valence-corrected chi connectivity index (χ1v) is 7.96. The van der Waals surface area contributed by atoms with Crippen LogP contribution in [0.15, 0.2) is 29.2 Å². The first-order chi connectivity index (χ1) is 8.86. The minimum atomic E-state index is -3.43. The molecular weight excluding hydrogens is 260 g/mol. The van der Waals surface area contributed by atoms with Crippen LogP contribution in [0.2, 0.25) is 0 Å². The van der Waals surface area contributed by atoms with Gasteiger partial charge in [0.2, 0.25) is 10.0 Å².